The summed E-state index contributed by atoms with van der Waals surface area (Å²) in [5.41, 5.74) is 6.67. The molecule has 3 N–H and O–H groups in total. The number of hydrogen-bond donors (Lipinski definition) is 3. The Morgan fingerprint density at radius 1 is 1.03 bits per heavy atom. The van der Waals surface area contributed by atoms with Crippen molar-refractivity contribution >= 4 is 74.9 Å². The standard InChI is InChI=1S/C22H25I2N7O/c1-5-31(6-2)22-28-20(26-18-9-13(3)7-8-14(18)4)27-21(29-22)30-25-12-15-10-16(23)11-17(24)19(15)32/h7-12,32H,5-6H2,1-4H3,(H2,26,27,28,29,30)/b25-12+. The van der Waals surface area contributed by atoms with Gasteiger partial charge in [0.05, 0.1) is 9.78 Å². The summed E-state index contributed by atoms with van der Waals surface area (Å²) in [7, 11) is 0. The van der Waals surface area contributed by atoms with E-state index in [2.05, 4.69) is 108 Å². The number of halogens is 2. The number of phenols is 1. The van der Waals surface area contributed by atoms with Crippen LogP contribution >= 0.6 is 45.2 Å². The fourth-order valence-corrected chi connectivity index (χ4v) is 4.84. The van der Waals surface area contributed by atoms with Gasteiger partial charge < -0.3 is 15.3 Å². The largest absolute Gasteiger partial charge is 0.506 e. The first-order valence-electron chi connectivity index (χ1n) is 10.1. The number of aromatic nitrogens is 3. The van der Waals surface area contributed by atoms with Gasteiger partial charge in [-0.3, -0.25) is 0 Å². The lowest BCUT2D eigenvalue weighted by Crippen LogP contribution is -2.25. The molecule has 0 aliphatic carbocycles. The Hall–Kier alpha value is -2.22. The molecule has 0 bridgehead atoms. The molecule has 0 radical (unpaired) electrons. The fraction of sp³-hybridized carbons (Fsp3) is 0.273. The second-order valence-electron chi connectivity index (χ2n) is 7.09. The molecule has 2 aromatic carbocycles. The van der Waals surface area contributed by atoms with Crippen LogP contribution in [0.25, 0.3) is 0 Å². The van der Waals surface area contributed by atoms with Crippen molar-refractivity contribution in [3.8, 4) is 5.75 Å². The van der Waals surface area contributed by atoms with Crippen molar-refractivity contribution in [1.29, 1.82) is 0 Å². The molecule has 1 aromatic heterocycles. The molecule has 10 heteroatoms. The van der Waals surface area contributed by atoms with Crippen LogP contribution in [-0.4, -0.2) is 39.4 Å². The van der Waals surface area contributed by atoms with E-state index in [4.69, 9.17) is 0 Å². The summed E-state index contributed by atoms with van der Waals surface area (Å²) < 4.78 is 1.77. The topological polar surface area (TPSA) is 98.6 Å². The van der Waals surface area contributed by atoms with E-state index < -0.39 is 0 Å². The number of nitrogens with zero attached hydrogens (tertiary/aromatic N) is 5. The lowest BCUT2D eigenvalue weighted by atomic mass is 10.1. The molecule has 0 unspecified atom stereocenters. The third-order valence-electron chi connectivity index (χ3n) is 4.74. The molecule has 0 aliphatic rings. The third kappa shape index (κ3) is 6.18. The van der Waals surface area contributed by atoms with Crippen LogP contribution in [0.3, 0.4) is 0 Å². The van der Waals surface area contributed by atoms with Crippen molar-refractivity contribution in [1.82, 2.24) is 15.0 Å². The van der Waals surface area contributed by atoms with Crippen LogP contribution in [-0.2, 0) is 0 Å². The number of hydrazone groups is 1. The van der Waals surface area contributed by atoms with Gasteiger partial charge in [0.25, 0.3) is 0 Å². The molecule has 1 heterocycles. The third-order valence-corrected chi connectivity index (χ3v) is 6.18. The minimum absolute atomic E-state index is 0.188. The molecule has 32 heavy (non-hydrogen) atoms. The Kier molecular flexibility index (Phi) is 8.45. The Morgan fingerprint density at radius 2 is 1.75 bits per heavy atom. The van der Waals surface area contributed by atoms with E-state index in [1.807, 2.05) is 30.9 Å². The first-order chi connectivity index (χ1) is 15.3. The predicted octanol–water partition coefficient (Wildman–Crippen LogP) is 5.44. The molecule has 0 saturated heterocycles. The highest BCUT2D eigenvalue weighted by molar-refractivity contribution is 14.1. The van der Waals surface area contributed by atoms with Gasteiger partial charge in [0.15, 0.2) is 0 Å². The van der Waals surface area contributed by atoms with Gasteiger partial charge in [-0.1, -0.05) is 12.1 Å². The minimum atomic E-state index is 0.188. The summed E-state index contributed by atoms with van der Waals surface area (Å²) in [5.74, 6) is 1.49. The maximum Gasteiger partial charge on any atom is 0.250 e. The molecule has 0 spiro atoms. The monoisotopic (exact) mass is 657 g/mol. The first kappa shape index (κ1) is 24.4. The van der Waals surface area contributed by atoms with Gasteiger partial charge in [0, 0.05) is 27.9 Å². The van der Waals surface area contributed by atoms with Crippen LogP contribution in [0.5, 0.6) is 5.75 Å². The Labute approximate surface area is 215 Å². The van der Waals surface area contributed by atoms with E-state index in [0.29, 0.717) is 23.4 Å². The molecule has 168 valence electrons. The normalized spacial score (nSPS) is 11.1. The summed E-state index contributed by atoms with van der Waals surface area (Å²) in [6.07, 6.45) is 1.55. The average molecular weight is 657 g/mol. The number of aryl methyl sites for hydroxylation is 2. The van der Waals surface area contributed by atoms with Crippen molar-refractivity contribution in [3.05, 3.63) is 54.2 Å². The van der Waals surface area contributed by atoms with E-state index in [0.717, 1.165) is 37.0 Å². The highest BCUT2D eigenvalue weighted by Gasteiger charge is 2.12. The highest BCUT2D eigenvalue weighted by atomic mass is 127. The molecule has 8 nitrogen and oxygen atoms in total. The summed E-state index contributed by atoms with van der Waals surface area (Å²) in [5, 5.41) is 17.8. The number of phenolic OH excluding ortho intramolecular Hbond substituents is 1. The lowest BCUT2D eigenvalue weighted by Gasteiger charge is -2.19. The van der Waals surface area contributed by atoms with Gasteiger partial charge in [-0.25, -0.2) is 5.43 Å². The number of benzene rings is 2. The van der Waals surface area contributed by atoms with Gasteiger partial charge >= 0.3 is 0 Å². The van der Waals surface area contributed by atoms with Gasteiger partial charge in [0.1, 0.15) is 5.75 Å². The zero-order valence-electron chi connectivity index (χ0n) is 18.3. The molecule has 0 amide bonds. The van der Waals surface area contributed by atoms with Crippen molar-refractivity contribution < 1.29 is 5.11 Å². The highest BCUT2D eigenvalue weighted by Crippen LogP contribution is 2.26. The van der Waals surface area contributed by atoms with Gasteiger partial charge in [-0.05, 0) is 102 Å². The van der Waals surface area contributed by atoms with Crippen molar-refractivity contribution in [3.63, 3.8) is 0 Å². The van der Waals surface area contributed by atoms with Crippen molar-refractivity contribution in [2.75, 3.05) is 28.7 Å². The van der Waals surface area contributed by atoms with Crippen LogP contribution in [0.2, 0.25) is 0 Å². The summed E-state index contributed by atoms with van der Waals surface area (Å²) in [4.78, 5) is 15.7. The molecule has 3 aromatic rings. The van der Waals surface area contributed by atoms with E-state index in [-0.39, 0.29) is 5.75 Å². The fourth-order valence-electron chi connectivity index (χ4n) is 2.95. The van der Waals surface area contributed by atoms with Gasteiger partial charge in [-0.15, -0.1) is 0 Å². The van der Waals surface area contributed by atoms with Crippen LogP contribution in [0, 0.1) is 21.0 Å². The minimum Gasteiger partial charge on any atom is -0.506 e. The van der Waals surface area contributed by atoms with Gasteiger partial charge in [0.2, 0.25) is 17.8 Å². The first-order valence-corrected chi connectivity index (χ1v) is 12.3. The zero-order chi connectivity index (χ0) is 23.3. The number of rotatable bonds is 8. The van der Waals surface area contributed by atoms with Crippen LogP contribution in [0.4, 0.5) is 23.5 Å². The Morgan fingerprint density at radius 3 is 2.47 bits per heavy atom. The van der Waals surface area contributed by atoms with Crippen molar-refractivity contribution in [2.45, 2.75) is 27.7 Å². The van der Waals surface area contributed by atoms with E-state index in [9.17, 15) is 5.11 Å². The van der Waals surface area contributed by atoms with E-state index in [1.54, 1.807) is 6.21 Å². The maximum absolute atomic E-state index is 10.3. The number of anilines is 4. The number of aromatic hydroxyl groups is 1. The van der Waals surface area contributed by atoms with Crippen LogP contribution in [0.15, 0.2) is 35.4 Å². The smallest absolute Gasteiger partial charge is 0.250 e. The molecule has 0 atom stereocenters. The summed E-state index contributed by atoms with van der Waals surface area (Å²) in [6.45, 7) is 9.71. The molecular formula is C22H25I2N7O. The SMILES string of the molecule is CCN(CC)c1nc(N/N=C/c2cc(I)cc(I)c2O)nc(Nc2cc(C)ccc2C)n1. The zero-order valence-corrected chi connectivity index (χ0v) is 22.6. The predicted molar refractivity (Wildman–Crippen MR) is 147 cm³/mol. The van der Waals surface area contributed by atoms with Crippen molar-refractivity contribution in [2.24, 2.45) is 5.10 Å². The average Bonchev–Trinajstić information content (AvgIpc) is 2.75. The molecule has 3 rings (SSSR count). The Balaban J connectivity index is 1.91. The van der Waals surface area contributed by atoms with E-state index >= 15 is 0 Å². The van der Waals surface area contributed by atoms with Crippen LogP contribution in [0.1, 0.15) is 30.5 Å². The van der Waals surface area contributed by atoms with Crippen LogP contribution < -0.4 is 15.6 Å². The second-order valence-corrected chi connectivity index (χ2v) is 9.50. The number of nitrogens with one attached hydrogen (secondary N) is 2. The molecule has 0 aliphatic heterocycles. The molecular weight excluding hydrogens is 632 g/mol. The molecule has 0 saturated carbocycles. The molecule has 0 fully saturated rings. The second kappa shape index (κ2) is 11.1. The number of hydrogen-bond acceptors (Lipinski definition) is 8. The lowest BCUT2D eigenvalue weighted by molar-refractivity contribution is 0.470. The Bertz CT molecular complexity index is 1130. The maximum atomic E-state index is 10.3. The summed E-state index contributed by atoms with van der Waals surface area (Å²) >= 11 is 4.30. The quantitative estimate of drug-likeness (QED) is 0.169. The summed E-state index contributed by atoms with van der Waals surface area (Å²) in [6, 6.07) is 9.93. The van der Waals surface area contributed by atoms with Gasteiger partial charge in [-0.2, -0.15) is 20.1 Å². The van der Waals surface area contributed by atoms with E-state index in [1.165, 1.54) is 0 Å².